The zero-order valence-corrected chi connectivity index (χ0v) is 13.9. The first-order valence-corrected chi connectivity index (χ1v) is 7.15. The molecule has 0 atom stereocenters. The second kappa shape index (κ2) is 10.5. The van der Waals surface area contributed by atoms with E-state index >= 15 is 0 Å². The molecule has 0 unspecified atom stereocenters. The summed E-state index contributed by atoms with van der Waals surface area (Å²) in [6.07, 6.45) is 0. The number of rotatable bonds is 5. The second-order valence-corrected chi connectivity index (χ2v) is 5.57. The van der Waals surface area contributed by atoms with Gasteiger partial charge in [0.1, 0.15) is 5.75 Å². The third kappa shape index (κ3) is 11.1. The van der Waals surface area contributed by atoms with Gasteiger partial charge in [0, 0.05) is 11.6 Å². The topological polar surface area (TPSA) is 78.8 Å². The molecule has 0 aliphatic heterocycles. The van der Waals surface area contributed by atoms with E-state index in [0.717, 1.165) is 6.54 Å². The van der Waals surface area contributed by atoms with Crippen molar-refractivity contribution >= 4 is 46.6 Å². The lowest BCUT2D eigenvalue weighted by Gasteiger charge is -2.04. The smallest absolute Gasteiger partial charge is 0.341 e. The number of thiocarbonyl (C=S) groups is 1. The van der Waals surface area contributed by atoms with Crippen LogP contribution in [-0.4, -0.2) is 34.5 Å². The Labute approximate surface area is 138 Å². The Kier molecular flexibility index (Phi) is 9.86. The van der Waals surface area contributed by atoms with Gasteiger partial charge < -0.3 is 20.3 Å². The number of hydrogen-bond acceptors (Lipinski definition) is 3. The van der Waals surface area contributed by atoms with Crippen molar-refractivity contribution in [2.45, 2.75) is 13.8 Å². The van der Waals surface area contributed by atoms with Crippen molar-refractivity contribution < 1.29 is 19.7 Å². The Morgan fingerprint density at radius 3 is 2.38 bits per heavy atom. The Bertz CT molecular complexity index is 483. The van der Waals surface area contributed by atoms with Gasteiger partial charge in [-0.3, -0.25) is 0 Å². The maximum atomic E-state index is 10.2. The fourth-order valence-electron chi connectivity index (χ4n) is 1.02. The second-order valence-electron chi connectivity index (χ2n) is 4.34. The number of aliphatic hydroxyl groups is 1. The van der Waals surface area contributed by atoms with Crippen molar-refractivity contribution in [3.05, 3.63) is 28.2 Å². The summed E-state index contributed by atoms with van der Waals surface area (Å²) >= 11 is 15.7. The number of nitrogens with one attached hydrogen (secondary N) is 1. The van der Waals surface area contributed by atoms with E-state index < -0.39 is 12.6 Å². The fraction of sp³-hybridized carbons (Fsp3) is 0.385. The maximum absolute atomic E-state index is 10.2. The van der Waals surface area contributed by atoms with E-state index in [0.29, 0.717) is 21.7 Å². The number of carboxylic acid groups (broad SMARTS) is 1. The molecule has 5 nitrogen and oxygen atoms in total. The quantitative estimate of drug-likeness (QED) is 0.702. The molecule has 0 fully saturated rings. The molecule has 3 N–H and O–H groups in total. The molecular formula is C13H17Cl2NO4S. The molecule has 1 aromatic carbocycles. The Morgan fingerprint density at radius 2 is 2.00 bits per heavy atom. The molecule has 118 valence electrons. The van der Waals surface area contributed by atoms with Crippen LogP contribution in [-0.2, 0) is 4.79 Å². The molecular weight excluding hydrogens is 337 g/mol. The molecule has 0 amide bonds. The molecule has 0 aliphatic carbocycles. The summed E-state index contributed by atoms with van der Waals surface area (Å²) in [7, 11) is 0. The summed E-state index contributed by atoms with van der Waals surface area (Å²) in [4.78, 5) is 10.2. The lowest BCUT2D eigenvalue weighted by atomic mass is 10.2. The highest BCUT2D eigenvalue weighted by Gasteiger charge is 2.04. The van der Waals surface area contributed by atoms with Crippen LogP contribution in [0, 0.1) is 5.92 Å². The van der Waals surface area contributed by atoms with Crippen molar-refractivity contribution in [2.75, 3.05) is 13.2 Å². The van der Waals surface area contributed by atoms with E-state index in [-0.39, 0.29) is 5.17 Å². The van der Waals surface area contributed by atoms with Crippen LogP contribution >= 0.6 is 35.4 Å². The first-order chi connectivity index (χ1) is 9.72. The number of aliphatic carboxylic acids is 1. The Balaban J connectivity index is 0.000000433. The van der Waals surface area contributed by atoms with Gasteiger partial charge in [0.25, 0.3) is 5.17 Å². The average Bonchev–Trinajstić information content (AvgIpc) is 2.36. The van der Waals surface area contributed by atoms with Crippen LogP contribution in [0.5, 0.6) is 5.75 Å². The van der Waals surface area contributed by atoms with Gasteiger partial charge >= 0.3 is 5.97 Å². The van der Waals surface area contributed by atoms with Crippen molar-refractivity contribution in [3.63, 3.8) is 0 Å². The van der Waals surface area contributed by atoms with Gasteiger partial charge in [-0.2, -0.15) is 0 Å². The number of benzene rings is 1. The zero-order chi connectivity index (χ0) is 16.4. The summed E-state index contributed by atoms with van der Waals surface area (Å²) in [5.74, 6) is -0.209. The first kappa shape index (κ1) is 19.8. The molecule has 0 radical (unpaired) electrons. The minimum atomic E-state index is -1.05. The van der Waals surface area contributed by atoms with Crippen molar-refractivity contribution in [1.29, 1.82) is 0 Å². The summed E-state index contributed by atoms with van der Waals surface area (Å²) < 4.78 is 4.86. The van der Waals surface area contributed by atoms with Crippen molar-refractivity contribution in [1.82, 2.24) is 5.32 Å². The number of halogens is 2. The zero-order valence-electron chi connectivity index (χ0n) is 11.6. The standard InChI is InChI=1S/C8H6Cl2O3.C5H11NOS/c9-5-1-2-7(6(10)3-5)13-4-8(11)12;1-4(2)3-6-5(7)8/h1-3H,4H2,(H,11,12);4H,3H2,1-2H3,(H2,6,7,8). The number of aliphatic hydroxyl groups excluding tert-OH is 1. The number of ether oxygens (including phenoxy) is 1. The first-order valence-electron chi connectivity index (χ1n) is 5.98. The molecule has 0 saturated carbocycles. The van der Waals surface area contributed by atoms with Gasteiger partial charge in [0.15, 0.2) is 6.61 Å². The SMILES string of the molecule is CC(C)CNC(O)=S.O=C(O)COc1ccc(Cl)cc1Cl. The van der Waals surface area contributed by atoms with Crippen LogP contribution in [0.25, 0.3) is 0 Å². The molecule has 21 heavy (non-hydrogen) atoms. The molecule has 0 aliphatic rings. The molecule has 0 heterocycles. The van der Waals surface area contributed by atoms with Crippen LogP contribution in [0.4, 0.5) is 0 Å². The monoisotopic (exact) mass is 353 g/mol. The Morgan fingerprint density at radius 1 is 1.38 bits per heavy atom. The molecule has 0 saturated heterocycles. The predicted molar refractivity (Wildman–Crippen MR) is 87.7 cm³/mol. The van der Waals surface area contributed by atoms with Crippen molar-refractivity contribution in [3.8, 4) is 5.75 Å². The predicted octanol–water partition coefficient (Wildman–Crippen LogP) is 3.53. The van der Waals surface area contributed by atoms with Gasteiger partial charge in [-0.05, 0) is 36.3 Å². The highest BCUT2D eigenvalue weighted by atomic mass is 35.5. The average molecular weight is 354 g/mol. The number of carbonyl (C=O) groups is 1. The molecule has 1 aromatic rings. The van der Waals surface area contributed by atoms with Gasteiger partial charge in [0.2, 0.25) is 0 Å². The molecule has 0 spiro atoms. The van der Waals surface area contributed by atoms with Crippen LogP contribution < -0.4 is 10.1 Å². The minimum absolute atomic E-state index is 0.112. The highest BCUT2D eigenvalue weighted by molar-refractivity contribution is 7.79. The van der Waals surface area contributed by atoms with Crippen LogP contribution in [0.15, 0.2) is 18.2 Å². The lowest BCUT2D eigenvalue weighted by Crippen LogP contribution is -2.24. The summed E-state index contributed by atoms with van der Waals surface area (Å²) in [6.45, 7) is 4.42. The summed E-state index contributed by atoms with van der Waals surface area (Å²) in [6, 6.07) is 4.58. The van der Waals surface area contributed by atoms with Crippen LogP contribution in [0.1, 0.15) is 13.8 Å². The van der Waals surface area contributed by atoms with Gasteiger partial charge in [-0.1, -0.05) is 37.0 Å². The lowest BCUT2D eigenvalue weighted by molar-refractivity contribution is -0.139. The number of hydrogen-bond donors (Lipinski definition) is 3. The van der Waals surface area contributed by atoms with E-state index in [1.54, 1.807) is 6.07 Å². The third-order valence-electron chi connectivity index (χ3n) is 1.91. The third-order valence-corrected chi connectivity index (χ3v) is 2.58. The van der Waals surface area contributed by atoms with Gasteiger partial charge in [-0.15, -0.1) is 0 Å². The number of carboxylic acids is 1. The van der Waals surface area contributed by atoms with E-state index in [9.17, 15) is 4.79 Å². The van der Waals surface area contributed by atoms with E-state index in [4.69, 9.17) is 38.2 Å². The summed E-state index contributed by atoms with van der Waals surface area (Å²) in [5, 5.41) is 20.0. The largest absolute Gasteiger partial charge is 0.487 e. The maximum Gasteiger partial charge on any atom is 0.341 e. The normalized spacial score (nSPS) is 9.57. The molecule has 8 heteroatoms. The highest BCUT2D eigenvalue weighted by Crippen LogP contribution is 2.27. The minimum Gasteiger partial charge on any atom is -0.487 e. The Hall–Kier alpha value is -1.24. The summed E-state index contributed by atoms with van der Waals surface area (Å²) in [5.41, 5.74) is 0. The van der Waals surface area contributed by atoms with E-state index in [2.05, 4.69) is 17.5 Å². The van der Waals surface area contributed by atoms with E-state index in [1.807, 2.05) is 13.8 Å². The van der Waals surface area contributed by atoms with Crippen LogP contribution in [0.2, 0.25) is 10.0 Å². The molecule has 0 bridgehead atoms. The molecule has 0 aromatic heterocycles. The van der Waals surface area contributed by atoms with Gasteiger partial charge in [0.05, 0.1) is 5.02 Å². The van der Waals surface area contributed by atoms with E-state index in [1.165, 1.54) is 12.1 Å². The van der Waals surface area contributed by atoms with Crippen LogP contribution in [0.3, 0.4) is 0 Å². The van der Waals surface area contributed by atoms with Crippen molar-refractivity contribution in [2.24, 2.45) is 5.92 Å². The van der Waals surface area contributed by atoms with Gasteiger partial charge in [-0.25, -0.2) is 4.79 Å². The fourth-order valence-corrected chi connectivity index (χ4v) is 1.57. The molecule has 1 rings (SSSR count).